The van der Waals surface area contributed by atoms with E-state index in [0.717, 1.165) is 25.6 Å². The van der Waals surface area contributed by atoms with E-state index in [1.165, 1.54) is 6.42 Å². The Kier molecular flexibility index (Phi) is 8.07. The molecule has 1 N–H and O–H groups in total. The van der Waals surface area contributed by atoms with Crippen molar-refractivity contribution in [1.29, 1.82) is 0 Å². The number of hydrogen-bond acceptors (Lipinski definition) is 2. The second-order valence-corrected chi connectivity index (χ2v) is 4.94. The zero-order valence-corrected chi connectivity index (χ0v) is 11.5. The van der Waals surface area contributed by atoms with Crippen LogP contribution in [0.5, 0.6) is 0 Å². The molecule has 0 fully saturated rings. The number of nitrogens with zero attached hydrogens (tertiary/aromatic N) is 1. The zero-order valence-electron chi connectivity index (χ0n) is 11.5. The summed E-state index contributed by atoms with van der Waals surface area (Å²) < 4.78 is 0. The third kappa shape index (κ3) is 5.53. The smallest absolute Gasteiger partial charge is 0.0246 e. The maximum absolute atomic E-state index is 3.54. The van der Waals surface area contributed by atoms with Crippen LogP contribution in [-0.4, -0.2) is 36.6 Å². The predicted molar refractivity (Wildman–Crippen MR) is 69.3 cm³/mol. The normalized spacial score (nSPS) is 14.2. The molecule has 2 heteroatoms. The maximum Gasteiger partial charge on any atom is 0.0246 e. The molecule has 0 radical (unpaired) electrons. The highest BCUT2D eigenvalue weighted by Crippen LogP contribution is 2.13. The van der Waals surface area contributed by atoms with Crippen molar-refractivity contribution in [3.05, 3.63) is 0 Å². The molecule has 0 bridgehead atoms. The first kappa shape index (κ1) is 14.9. The van der Waals surface area contributed by atoms with Crippen LogP contribution in [0.25, 0.3) is 0 Å². The van der Waals surface area contributed by atoms with Gasteiger partial charge in [0, 0.05) is 18.6 Å². The Morgan fingerprint density at radius 1 is 1.07 bits per heavy atom. The zero-order chi connectivity index (χ0) is 11.8. The first-order valence-corrected chi connectivity index (χ1v) is 6.50. The van der Waals surface area contributed by atoms with Gasteiger partial charge in [-0.05, 0) is 39.3 Å². The van der Waals surface area contributed by atoms with Crippen LogP contribution >= 0.6 is 0 Å². The molecule has 0 saturated heterocycles. The van der Waals surface area contributed by atoms with Crippen molar-refractivity contribution in [2.75, 3.05) is 19.6 Å². The third-order valence-corrected chi connectivity index (χ3v) is 3.00. The maximum atomic E-state index is 3.54. The Bertz CT molecular complexity index is 143. The summed E-state index contributed by atoms with van der Waals surface area (Å²) in [5.41, 5.74) is 0. The van der Waals surface area contributed by atoms with Crippen molar-refractivity contribution in [1.82, 2.24) is 10.2 Å². The van der Waals surface area contributed by atoms with Gasteiger partial charge in [-0.3, -0.25) is 4.90 Å². The summed E-state index contributed by atoms with van der Waals surface area (Å²) in [5.74, 6) is 0.719. The van der Waals surface area contributed by atoms with Crippen LogP contribution in [0.15, 0.2) is 0 Å². The number of nitrogens with one attached hydrogen (secondary N) is 1. The second kappa shape index (κ2) is 8.12. The van der Waals surface area contributed by atoms with Crippen molar-refractivity contribution in [2.24, 2.45) is 5.92 Å². The van der Waals surface area contributed by atoms with Crippen LogP contribution in [0.4, 0.5) is 0 Å². The van der Waals surface area contributed by atoms with Gasteiger partial charge in [-0.15, -0.1) is 0 Å². The second-order valence-electron chi connectivity index (χ2n) is 4.94. The molecule has 0 aliphatic rings. The summed E-state index contributed by atoms with van der Waals surface area (Å²) in [7, 11) is 0. The lowest BCUT2D eigenvalue weighted by molar-refractivity contribution is 0.123. The minimum atomic E-state index is 0.644. The SMILES string of the molecule is CCCNCC(C(C)C)N(CC)C(C)C. The molecule has 0 saturated carbocycles. The number of rotatable bonds is 8. The van der Waals surface area contributed by atoms with Gasteiger partial charge in [-0.2, -0.15) is 0 Å². The van der Waals surface area contributed by atoms with Crippen molar-refractivity contribution < 1.29 is 0 Å². The fourth-order valence-corrected chi connectivity index (χ4v) is 2.15. The minimum Gasteiger partial charge on any atom is -0.315 e. The molecule has 0 aromatic rings. The van der Waals surface area contributed by atoms with Gasteiger partial charge in [-0.25, -0.2) is 0 Å². The van der Waals surface area contributed by atoms with E-state index >= 15 is 0 Å². The van der Waals surface area contributed by atoms with Crippen LogP contribution in [0.3, 0.4) is 0 Å². The average Bonchev–Trinajstić information content (AvgIpc) is 2.16. The first-order chi connectivity index (χ1) is 7.04. The highest BCUT2D eigenvalue weighted by atomic mass is 15.2. The molecule has 0 amide bonds. The van der Waals surface area contributed by atoms with Gasteiger partial charge < -0.3 is 5.32 Å². The Labute approximate surface area is 96.4 Å². The Hall–Kier alpha value is -0.0800. The Balaban J connectivity index is 4.22. The molecule has 92 valence electrons. The molecule has 0 aromatic carbocycles. The van der Waals surface area contributed by atoms with E-state index in [1.807, 2.05) is 0 Å². The highest BCUT2D eigenvalue weighted by Gasteiger charge is 2.21. The van der Waals surface area contributed by atoms with Crippen molar-refractivity contribution in [3.63, 3.8) is 0 Å². The van der Waals surface area contributed by atoms with E-state index in [4.69, 9.17) is 0 Å². The summed E-state index contributed by atoms with van der Waals surface area (Å²) in [5, 5.41) is 3.54. The molecule has 15 heavy (non-hydrogen) atoms. The van der Waals surface area contributed by atoms with Crippen LogP contribution < -0.4 is 5.32 Å². The number of hydrogen-bond donors (Lipinski definition) is 1. The minimum absolute atomic E-state index is 0.644. The molecular weight excluding hydrogens is 184 g/mol. The third-order valence-electron chi connectivity index (χ3n) is 3.00. The van der Waals surface area contributed by atoms with E-state index in [1.54, 1.807) is 0 Å². The molecule has 1 atom stereocenters. The Morgan fingerprint density at radius 3 is 2.00 bits per heavy atom. The van der Waals surface area contributed by atoms with Gasteiger partial charge in [0.2, 0.25) is 0 Å². The largest absolute Gasteiger partial charge is 0.315 e. The van der Waals surface area contributed by atoms with Gasteiger partial charge >= 0.3 is 0 Å². The summed E-state index contributed by atoms with van der Waals surface area (Å²) in [6.45, 7) is 17.1. The van der Waals surface area contributed by atoms with Crippen molar-refractivity contribution >= 4 is 0 Å². The summed E-state index contributed by atoms with van der Waals surface area (Å²) in [6, 6.07) is 1.31. The lowest BCUT2D eigenvalue weighted by Gasteiger charge is -2.37. The lowest BCUT2D eigenvalue weighted by Crippen LogP contribution is -2.48. The van der Waals surface area contributed by atoms with Crippen molar-refractivity contribution in [2.45, 2.75) is 60.0 Å². The molecule has 2 nitrogen and oxygen atoms in total. The Morgan fingerprint density at radius 2 is 1.67 bits per heavy atom. The van der Waals surface area contributed by atoms with E-state index in [9.17, 15) is 0 Å². The van der Waals surface area contributed by atoms with Gasteiger partial charge in [0.05, 0.1) is 0 Å². The van der Waals surface area contributed by atoms with Gasteiger partial charge in [0.25, 0.3) is 0 Å². The molecular formula is C13H30N2. The van der Waals surface area contributed by atoms with Crippen LogP contribution in [0.1, 0.15) is 48.0 Å². The van der Waals surface area contributed by atoms with Gasteiger partial charge in [0.15, 0.2) is 0 Å². The summed E-state index contributed by atoms with van der Waals surface area (Å²) in [6.07, 6.45) is 1.22. The molecule has 0 spiro atoms. The average molecular weight is 214 g/mol. The molecule has 0 heterocycles. The number of likely N-dealkylation sites (N-methyl/N-ethyl adjacent to an activating group) is 1. The fraction of sp³-hybridized carbons (Fsp3) is 1.00. The highest BCUT2D eigenvalue weighted by molar-refractivity contribution is 4.78. The van der Waals surface area contributed by atoms with Crippen LogP contribution in [0.2, 0.25) is 0 Å². The van der Waals surface area contributed by atoms with E-state index in [0.29, 0.717) is 12.1 Å². The molecule has 0 aliphatic carbocycles. The monoisotopic (exact) mass is 214 g/mol. The molecule has 0 aliphatic heterocycles. The van der Waals surface area contributed by atoms with E-state index in [-0.39, 0.29) is 0 Å². The van der Waals surface area contributed by atoms with Crippen molar-refractivity contribution in [3.8, 4) is 0 Å². The topological polar surface area (TPSA) is 15.3 Å². The van der Waals surface area contributed by atoms with Crippen LogP contribution in [0, 0.1) is 5.92 Å². The molecule has 1 unspecified atom stereocenters. The van der Waals surface area contributed by atoms with Crippen LogP contribution in [-0.2, 0) is 0 Å². The first-order valence-electron chi connectivity index (χ1n) is 6.50. The fourth-order valence-electron chi connectivity index (χ4n) is 2.15. The quantitative estimate of drug-likeness (QED) is 0.625. The molecule has 0 aromatic heterocycles. The molecule has 0 rings (SSSR count). The lowest BCUT2D eigenvalue weighted by atomic mass is 10.0. The van der Waals surface area contributed by atoms with E-state index in [2.05, 4.69) is 51.8 Å². The predicted octanol–water partition coefficient (Wildman–Crippen LogP) is 2.74. The van der Waals surface area contributed by atoms with E-state index < -0.39 is 0 Å². The van der Waals surface area contributed by atoms with Gasteiger partial charge in [-0.1, -0.05) is 27.7 Å². The van der Waals surface area contributed by atoms with Gasteiger partial charge in [0.1, 0.15) is 0 Å². The summed E-state index contributed by atoms with van der Waals surface area (Å²) in [4.78, 5) is 2.59. The standard InChI is InChI=1S/C13H30N2/c1-7-9-14-10-13(11(3)4)15(8-2)12(5)6/h11-14H,7-10H2,1-6H3. The summed E-state index contributed by atoms with van der Waals surface area (Å²) >= 11 is 0.